The Kier molecular flexibility index (Phi) is 1.74. The highest BCUT2D eigenvalue weighted by atomic mass is 16.1. The molecule has 2 fully saturated rings. The van der Waals surface area contributed by atoms with Crippen LogP contribution in [0.3, 0.4) is 0 Å². The van der Waals surface area contributed by atoms with Crippen molar-refractivity contribution in [1.29, 1.82) is 0 Å². The Hall–Kier alpha value is -1.09. The van der Waals surface area contributed by atoms with Gasteiger partial charge in [0.2, 0.25) is 5.56 Å². The van der Waals surface area contributed by atoms with Crippen molar-refractivity contribution in [3.63, 3.8) is 0 Å². The van der Waals surface area contributed by atoms with Crippen LogP contribution in [0.15, 0.2) is 23.1 Å². The van der Waals surface area contributed by atoms with Crippen molar-refractivity contribution in [2.45, 2.75) is 37.3 Å². The molecule has 0 spiro atoms. The van der Waals surface area contributed by atoms with Crippen LogP contribution in [0.2, 0.25) is 0 Å². The Bertz CT molecular complexity index is 378. The van der Waals surface area contributed by atoms with Gasteiger partial charge in [-0.2, -0.15) is 0 Å². The fraction of sp³-hybridized carbons (Fsp3) is 0.545. The highest BCUT2D eigenvalue weighted by molar-refractivity contribution is 5.21. The Morgan fingerprint density at radius 1 is 1.29 bits per heavy atom. The van der Waals surface area contributed by atoms with E-state index >= 15 is 0 Å². The van der Waals surface area contributed by atoms with Crippen molar-refractivity contribution in [1.82, 2.24) is 10.3 Å². The smallest absolute Gasteiger partial charge is 0.247 e. The Labute approximate surface area is 82.5 Å². The van der Waals surface area contributed by atoms with Crippen molar-refractivity contribution < 1.29 is 0 Å². The first-order chi connectivity index (χ1) is 6.83. The Morgan fingerprint density at radius 2 is 2.21 bits per heavy atom. The maximum Gasteiger partial charge on any atom is 0.247 e. The van der Waals surface area contributed by atoms with Crippen LogP contribution in [0.25, 0.3) is 0 Å². The van der Waals surface area contributed by atoms with E-state index in [1.54, 1.807) is 6.07 Å². The number of aromatic amines is 1. The number of hydrogen-bond donors (Lipinski definition) is 2. The molecule has 1 aromatic heterocycles. The predicted octanol–water partition coefficient (Wildman–Crippen LogP) is 0.983. The van der Waals surface area contributed by atoms with Gasteiger partial charge in [0, 0.05) is 30.3 Å². The molecule has 1 aromatic rings. The van der Waals surface area contributed by atoms with Crippen molar-refractivity contribution >= 4 is 0 Å². The third-order valence-corrected chi connectivity index (χ3v) is 3.54. The summed E-state index contributed by atoms with van der Waals surface area (Å²) in [6, 6.07) is 4.95. The zero-order valence-electron chi connectivity index (χ0n) is 7.99. The van der Waals surface area contributed by atoms with Gasteiger partial charge in [0.15, 0.2) is 0 Å². The highest BCUT2D eigenvalue weighted by Crippen LogP contribution is 2.39. The number of hydrogen-bond acceptors (Lipinski definition) is 2. The molecule has 3 heteroatoms. The lowest BCUT2D eigenvalue weighted by Crippen LogP contribution is -2.22. The Morgan fingerprint density at radius 3 is 2.79 bits per heavy atom. The zero-order chi connectivity index (χ0) is 9.54. The number of nitrogens with one attached hydrogen (secondary N) is 2. The van der Waals surface area contributed by atoms with Gasteiger partial charge in [0.1, 0.15) is 0 Å². The third kappa shape index (κ3) is 1.20. The first-order valence-corrected chi connectivity index (χ1v) is 5.27. The van der Waals surface area contributed by atoms with Crippen molar-refractivity contribution in [3.8, 4) is 0 Å². The molecule has 3 nitrogen and oxygen atoms in total. The van der Waals surface area contributed by atoms with E-state index < -0.39 is 0 Å². The van der Waals surface area contributed by atoms with E-state index in [1.165, 1.54) is 24.8 Å². The zero-order valence-corrected chi connectivity index (χ0v) is 7.99. The summed E-state index contributed by atoms with van der Waals surface area (Å²) in [7, 11) is 0. The van der Waals surface area contributed by atoms with Crippen molar-refractivity contribution in [2.24, 2.45) is 0 Å². The molecule has 3 rings (SSSR count). The molecule has 2 bridgehead atoms. The van der Waals surface area contributed by atoms with Crippen molar-refractivity contribution in [2.75, 3.05) is 0 Å². The molecule has 3 atom stereocenters. The van der Waals surface area contributed by atoms with Gasteiger partial charge >= 0.3 is 0 Å². The van der Waals surface area contributed by atoms with Crippen molar-refractivity contribution in [3.05, 3.63) is 34.2 Å². The largest absolute Gasteiger partial charge is 0.329 e. The Balaban J connectivity index is 1.89. The summed E-state index contributed by atoms with van der Waals surface area (Å²) in [5.74, 6) is 0.616. The summed E-state index contributed by atoms with van der Waals surface area (Å²) in [4.78, 5) is 13.7. The molecule has 0 unspecified atom stereocenters. The molecule has 0 aromatic carbocycles. The fourth-order valence-electron chi connectivity index (χ4n) is 2.85. The minimum atomic E-state index is -0.00938. The quantitative estimate of drug-likeness (QED) is 0.693. The highest BCUT2D eigenvalue weighted by Gasteiger charge is 2.39. The molecule has 0 aliphatic carbocycles. The molecule has 0 radical (unpaired) electrons. The van der Waals surface area contributed by atoms with E-state index in [9.17, 15) is 4.79 Å². The molecule has 3 heterocycles. The average Bonchev–Trinajstić information content (AvgIpc) is 2.80. The van der Waals surface area contributed by atoms with Crippen LogP contribution >= 0.6 is 0 Å². The first kappa shape index (κ1) is 8.24. The van der Waals surface area contributed by atoms with Gasteiger partial charge in [-0.1, -0.05) is 6.07 Å². The van der Waals surface area contributed by atoms with Gasteiger partial charge in [-0.15, -0.1) is 0 Å². The number of fused-ring (bicyclic) bond motifs is 2. The summed E-state index contributed by atoms with van der Waals surface area (Å²) >= 11 is 0. The summed E-state index contributed by atoms with van der Waals surface area (Å²) in [6.45, 7) is 0. The van der Waals surface area contributed by atoms with Gasteiger partial charge in [0.05, 0.1) is 0 Å². The second kappa shape index (κ2) is 2.95. The second-order valence-corrected chi connectivity index (χ2v) is 4.38. The van der Waals surface area contributed by atoms with Crippen LogP contribution in [0.5, 0.6) is 0 Å². The molecule has 0 saturated carbocycles. The molecule has 2 N–H and O–H groups in total. The number of rotatable bonds is 1. The fourth-order valence-corrected chi connectivity index (χ4v) is 2.85. The number of H-pyrrole nitrogens is 1. The van der Waals surface area contributed by atoms with Crippen LogP contribution in [0, 0.1) is 0 Å². The van der Waals surface area contributed by atoms with E-state index in [-0.39, 0.29) is 5.56 Å². The van der Waals surface area contributed by atoms with Crippen LogP contribution in [-0.2, 0) is 0 Å². The van der Waals surface area contributed by atoms with E-state index in [1.807, 2.05) is 12.3 Å². The topological polar surface area (TPSA) is 44.9 Å². The summed E-state index contributed by atoms with van der Waals surface area (Å²) < 4.78 is 0. The normalized spacial score (nSPS) is 35.0. The molecular formula is C11H14N2O. The minimum absolute atomic E-state index is 0.00938. The molecule has 74 valence electrons. The SMILES string of the molecule is O=c1ccc([C@H]2C[C@H]3CC[C@H]2N3)c[nH]1. The van der Waals surface area contributed by atoms with Crippen LogP contribution in [0.4, 0.5) is 0 Å². The molecular weight excluding hydrogens is 176 g/mol. The summed E-state index contributed by atoms with van der Waals surface area (Å²) in [5, 5.41) is 3.60. The van der Waals surface area contributed by atoms with Crippen LogP contribution < -0.4 is 10.9 Å². The minimum Gasteiger partial charge on any atom is -0.329 e. The monoisotopic (exact) mass is 190 g/mol. The molecule has 2 aliphatic heterocycles. The third-order valence-electron chi connectivity index (χ3n) is 3.54. The standard InChI is InChI=1S/C11H14N2O/c14-11-4-1-7(6-12-11)9-5-8-2-3-10(9)13-8/h1,4,6,8-10,13H,2-3,5H2,(H,12,14)/t8-,9-,10-/m1/s1. The second-order valence-electron chi connectivity index (χ2n) is 4.38. The van der Waals surface area contributed by atoms with Gasteiger partial charge in [-0.25, -0.2) is 0 Å². The molecule has 0 amide bonds. The summed E-state index contributed by atoms with van der Waals surface area (Å²) in [5.41, 5.74) is 1.27. The van der Waals surface area contributed by atoms with Gasteiger partial charge in [0.25, 0.3) is 0 Å². The van der Waals surface area contributed by atoms with Crippen LogP contribution in [-0.4, -0.2) is 17.1 Å². The predicted molar refractivity (Wildman–Crippen MR) is 54.4 cm³/mol. The van der Waals surface area contributed by atoms with Gasteiger partial charge in [-0.05, 0) is 24.8 Å². The lowest BCUT2D eigenvalue weighted by Gasteiger charge is -2.19. The van der Waals surface area contributed by atoms with E-state index in [0.717, 1.165) is 6.04 Å². The van der Waals surface area contributed by atoms with E-state index in [0.29, 0.717) is 12.0 Å². The molecule has 14 heavy (non-hydrogen) atoms. The van der Waals surface area contributed by atoms with E-state index in [4.69, 9.17) is 0 Å². The molecule has 2 aliphatic rings. The number of aromatic nitrogens is 1. The number of pyridine rings is 1. The van der Waals surface area contributed by atoms with E-state index in [2.05, 4.69) is 10.3 Å². The van der Waals surface area contributed by atoms with Gasteiger partial charge < -0.3 is 10.3 Å². The lowest BCUT2D eigenvalue weighted by atomic mass is 9.85. The lowest BCUT2D eigenvalue weighted by molar-refractivity contribution is 0.505. The van der Waals surface area contributed by atoms with Gasteiger partial charge in [-0.3, -0.25) is 4.79 Å². The maximum atomic E-state index is 10.9. The first-order valence-electron chi connectivity index (χ1n) is 5.27. The maximum absolute atomic E-state index is 10.9. The molecule has 2 saturated heterocycles. The average molecular weight is 190 g/mol. The summed E-state index contributed by atoms with van der Waals surface area (Å²) in [6.07, 6.45) is 5.71. The van der Waals surface area contributed by atoms with Crippen LogP contribution in [0.1, 0.15) is 30.7 Å².